The summed E-state index contributed by atoms with van der Waals surface area (Å²) in [6, 6.07) is 5.42. The average Bonchev–Trinajstić information content (AvgIpc) is 3.16. The first-order valence-corrected chi connectivity index (χ1v) is 8.47. The van der Waals surface area contributed by atoms with E-state index >= 15 is 0 Å². The summed E-state index contributed by atoms with van der Waals surface area (Å²) in [6.07, 6.45) is 10.1. The van der Waals surface area contributed by atoms with Crippen molar-refractivity contribution >= 4 is 29.2 Å². The lowest BCUT2D eigenvalue weighted by Gasteiger charge is -2.03. The molecule has 0 saturated carbocycles. The van der Waals surface area contributed by atoms with Crippen LogP contribution in [0.15, 0.2) is 35.0 Å². The number of fused-ring (bicyclic) bond motifs is 1. The zero-order valence-corrected chi connectivity index (χ0v) is 13.4. The predicted octanol–water partition coefficient (Wildman–Crippen LogP) is 3.08. The molecule has 120 valence electrons. The maximum Gasteiger partial charge on any atom is 0.279 e. The summed E-state index contributed by atoms with van der Waals surface area (Å²) < 4.78 is 5.08. The van der Waals surface area contributed by atoms with E-state index in [1.54, 1.807) is 12.1 Å². The molecule has 2 amide bonds. The highest BCUT2D eigenvalue weighted by Crippen LogP contribution is 2.28. The van der Waals surface area contributed by atoms with Crippen LogP contribution in [0.4, 0.5) is 0 Å². The lowest BCUT2D eigenvalue weighted by atomic mass is 10.1. The first-order chi connectivity index (χ1) is 11.2. The molecule has 5 nitrogen and oxygen atoms in total. The second-order valence-corrected chi connectivity index (χ2v) is 6.55. The Bertz CT molecular complexity index is 693. The van der Waals surface area contributed by atoms with E-state index in [1.807, 2.05) is 6.07 Å². The number of nitrogens with one attached hydrogen (secondary N) is 2. The van der Waals surface area contributed by atoms with Crippen LogP contribution in [0.3, 0.4) is 0 Å². The van der Waals surface area contributed by atoms with Crippen LogP contribution in [0.25, 0.3) is 6.08 Å². The van der Waals surface area contributed by atoms with E-state index < -0.39 is 5.91 Å². The Morgan fingerprint density at radius 3 is 2.87 bits per heavy atom. The molecule has 0 fully saturated rings. The van der Waals surface area contributed by atoms with Crippen LogP contribution in [-0.4, -0.2) is 11.8 Å². The smallest absolute Gasteiger partial charge is 0.279 e. The van der Waals surface area contributed by atoms with Gasteiger partial charge in [0.2, 0.25) is 0 Å². The van der Waals surface area contributed by atoms with Crippen LogP contribution in [0, 0.1) is 0 Å². The fourth-order valence-corrected chi connectivity index (χ4v) is 3.69. The normalized spacial score (nSPS) is 14.3. The lowest BCUT2D eigenvalue weighted by Crippen LogP contribution is -2.40. The molecule has 1 aliphatic carbocycles. The van der Waals surface area contributed by atoms with Crippen molar-refractivity contribution in [1.82, 2.24) is 10.9 Å². The zero-order chi connectivity index (χ0) is 16.1. The molecule has 0 unspecified atom stereocenters. The van der Waals surface area contributed by atoms with Gasteiger partial charge in [-0.05, 0) is 55.5 Å². The Balaban J connectivity index is 1.54. The van der Waals surface area contributed by atoms with E-state index in [9.17, 15) is 9.59 Å². The largest absolute Gasteiger partial charge is 0.465 e. The summed E-state index contributed by atoms with van der Waals surface area (Å²) in [5.41, 5.74) is 6.10. The summed E-state index contributed by atoms with van der Waals surface area (Å²) in [7, 11) is 0. The summed E-state index contributed by atoms with van der Waals surface area (Å²) in [6.45, 7) is 0. The summed E-state index contributed by atoms with van der Waals surface area (Å²) in [4.78, 5) is 25.7. The quantitative estimate of drug-likeness (QED) is 0.516. The van der Waals surface area contributed by atoms with Gasteiger partial charge < -0.3 is 4.42 Å². The summed E-state index contributed by atoms with van der Waals surface area (Å²) in [5.74, 6) is -0.107. The second-order valence-electron chi connectivity index (χ2n) is 5.41. The van der Waals surface area contributed by atoms with Gasteiger partial charge in [-0.1, -0.05) is 6.42 Å². The number of carbonyl (C=O) groups is 2. The van der Waals surface area contributed by atoms with Gasteiger partial charge in [0, 0.05) is 11.0 Å². The van der Waals surface area contributed by atoms with Crippen molar-refractivity contribution in [1.29, 1.82) is 0 Å². The monoisotopic (exact) mass is 330 g/mol. The molecule has 1 aliphatic rings. The summed E-state index contributed by atoms with van der Waals surface area (Å²) in [5, 5.41) is 0. The number of thiophene rings is 1. The van der Waals surface area contributed by atoms with Crippen molar-refractivity contribution in [2.75, 3.05) is 0 Å². The van der Waals surface area contributed by atoms with Gasteiger partial charge in [-0.25, -0.2) is 0 Å². The fraction of sp³-hybridized carbons (Fsp3) is 0.294. The molecule has 2 N–H and O–H groups in total. The number of amides is 2. The Hall–Kier alpha value is -2.34. The Morgan fingerprint density at radius 1 is 1.17 bits per heavy atom. The van der Waals surface area contributed by atoms with Gasteiger partial charge in [-0.2, -0.15) is 0 Å². The van der Waals surface area contributed by atoms with E-state index in [1.165, 1.54) is 59.5 Å². The Morgan fingerprint density at radius 2 is 2.04 bits per heavy atom. The topological polar surface area (TPSA) is 71.3 Å². The molecule has 0 bridgehead atoms. The Labute approximate surface area is 138 Å². The Kier molecular flexibility index (Phi) is 4.92. The van der Waals surface area contributed by atoms with Gasteiger partial charge in [0.15, 0.2) is 0 Å². The third-order valence-electron chi connectivity index (χ3n) is 3.71. The first kappa shape index (κ1) is 15.6. The molecule has 0 atom stereocenters. The number of furan rings is 1. The van der Waals surface area contributed by atoms with Crippen LogP contribution in [-0.2, 0) is 17.6 Å². The van der Waals surface area contributed by atoms with E-state index in [0.29, 0.717) is 10.6 Å². The summed E-state index contributed by atoms with van der Waals surface area (Å²) >= 11 is 1.52. The van der Waals surface area contributed by atoms with Crippen molar-refractivity contribution in [3.8, 4) is 0 Å². The highest BCUT2D eigenvalue weighted by atomic mass is 32.1. The van der Waals surface area contributed by atoms with E-state index in [2.05, 4.69) is 10.9 Å². The van der Waals surface area contributed by atoms with Gasteiger partial charge in [0.25, 0.3) is 11.8 Å². The van der Waals surface area contributed by atoms with Gasteiger partial charge in [0.1, 0.15) is 5.76 Å². The molecular formula is C17H18N2O3S. The van der Waals surface area contributed by atoms with E-state index in [4.69, 9.17) is 4.42 Å². The lowest BCUT2D eigenvalue weighted by molar-refractivity contribution is -0.117. The molecule has 2 aromatic heterocycles. The maximum atomic E-state index is 12.1. The number of hydrogen-bond donors (Lipinski definition) is 2. The SMILES string of the molecule is O=C(/C=C/c1ccco1)NNC(=O)c1cc2c(s1)CCCCC2. The van der Waals surface area contributed by atoms with Gasteiger partial charge in [0.05, 0.1) is 11.1 Å². The number of rotatable bonds is 3. The van der Waals surface area contributed by atoms with Gasteiger partial charge in [-0.15, -0.1) is 11.3 Å². The van der Waals surface area contributed by atoms with Gasteiger partial charge >= 0.3 is 0 Å². The molecule has 0 aliphatic heterocycles. The van der Waals surface area contributed by atoms with Crippen LogP contribution in [0.2, 0.25) is 0 Å². The van der Waals surface area contributed by atoms with Crippen LogP contribution in [0.5, 0.6) is 0 Å². The van der Waals surface area contributed by atoms with Gasteiger partial charge in [-0.3, -0.25) is 20.4 Å². The third kappa shape index (κ3) is 4.10. The standard InChI is InChI=1S/C17H18N2O3S/c20-16(9-8-13-6-4-10-22-13)18-19-17(21)15-11-12-5-2-1-3-7-14(12)23-15/h4,6,8-11H,1-3,5,7H2,(H,18,20)(H,19,21)/b9-8+. The van der Waals surface area contributed by atoms with Crippen LogP contribution >= 0.6 is 11.3 Å². The third-order valence-corrected chi connectivity index (χ3v) is 4.95. The molecular weight excluding hydrogens is 312 g/mol. The number of carbonyl (C=O) groups excluding carboxylic acids is 2. The van der Waals surface area contributed by atoms with Crippen molar-refractivity contribution in [2.24, 2.45) is 0 Å². The molecule has 0 aromatic carbocycles. The highest BCUT2D eigenvalue weighted by molar-refractivity contribution is 7.14. The highest BCUT2D eigenvalue weighted by Gasteiger charge is 2.16. The zero-order valence-electron chi connectivity index (χ0n) is 12.6. The molecule has 0 radical (unpaired) electrons. The molecule has 23 heavy (non-hydrogen) atoms. The van der Waals surface area contributed by atoms with E-state index in [-0.39, 0.29) is 5.91 Å². The molecule has 2 heterocycles. The van der Waals surface area contributed by atoms with Crippen LogP contribution in [0.1, 0.15) is 45.1 Å². The number of hydrogen-bond acceptors (Lipinski definition) is 4. The average molecular weight is 330 g/mol. The second kappa shape index (κ2) is 7.28. The molecule has 2 aromatic rings. The van der Waals surface area contributed by atoms with E-state index in [0.717, 1.165) is 12.8 Å². The molecule has 0 spiro atoms. The molecule has 6 heteroatoms. The number of aryl methyl sites for hydroxylation is 2. The molecule has 0 saturated heterocycles. The number of hydrazine groups is 1. The minimum atomic E-state index is -0.409. The van der Waals surface area contributed by atoms with Crippen molar-refractivity contribution < 1.29 is 14.0 Å². The minimum absolute atomic E-state index is 0.275. The van der Waals surface area contributed by atoms with Crippen molar-refractivity contribution in [3.05, 3.63) is 51.6 Å². The van der Waals surface area contributed by atoms with Crippen molar-refractivity contribution in [3.63, 3.8) is 0 Å². The van der Waals surface area contributed by atoms with Crippen LogP contribution < -0.4 is 10.9 Å². The van der Waals surface area contributed by atoms with Crippen molar-refractivity contribution in [2.45, 2.75) is 32.1 Å². The molecule has 3 rings (SSSR count). The maximum absolute atomic E-state index is 12.1. The first-order valence-electron chi connectivity index (χ1n) is 7.66. The fourth-order valence-electron chi connectivity index (χ4n) is 2.54. The predicted molar refractivity (Wildman–Crippen MR) is 88.9 cm³/mol. The minimum Gasteiger partial charge on any atom is -0.465 e.